The Morgan fingerprint density at radius 2 is 2.05 bits per heavy atom. The van der Waals surface area contributed by atoms with Gasteiger partial charge in [-0.05, 0) is 18.2 Å². The van der Waals surface area contributed by atoms with Gasteiger partial charge in [0.2, 0.25) is 5.89 Å². The Labute approximate surface area is 120 Å². The molecule has 2 amide bonds. The number of rotatable bonds is 2. The fraction of sp³-hybridized carbons (Fsp3) is 0.100. The number of carbonyl (C=O) groups is 1. The van der Waals surface area contributed by atoms with E-state index in [4.69, 9.17) is 14.9 Å². The maximum absolute atomic E-state index is 9.35. The van der Waals surface area contributed by atoms with Gasteiger partial charge >= 0.3 is 12.0 Å². The molecule has 0 saturated carbocycles. The van der Waals surface area contributed by atoms with E-state index in [-0.39, 0.29) is 18.4 Å². The number of primary amides is 1. The molecule has 1 aromatic heterocycles. The fourth-order valence-electron chi connectivity index (χ4n) is 1.11. The van der Waals surface area contributed by atoms with Crippen LogP contribution in [0, 0.1) is 0 Å². The number of urea groups is 1. The summed E-state index contributed by atoms with van der Waals surface area (Å²) in [5.74, 6) is 5.57. The van der Waals surface area contributed by atoms with Gasteiger partial charge in [0.05, 0.1) is 7.11 Å². The molecule has 1 heterocycles. The van der Waals surface area contributed by atoms with E-state index in [0.717, 1.165) is 11.3 Å². The van der Waals surface area contributed by atoms with Crippen molar-refractivity contribution in [2.24, 2.45) is 11.6 Å². The molecule has 0 saturated heterocycles. The summed E-state index contributed by atoms with van der Waals surface area (Å²) in [5.41, 5.74) is 12.2. The molecule has 0 aliphatic rings. The van der Waals surface area contributed by atoms with Crippen LogP contribution in [0.3, 0.4) is 0 Å². The number of amides is 2. The Morgan fingerprint density at radius 1 is 1.40 bits per heavy atom. The van der Waals surface area contributed by atoms with E-state index in [1.54, 1.807) is 18.6 Å². The molecule has 2 aromatic rings. The molecule has 110 valence electrons. The lowest BCUT2D eigenvalue weighted by atomic mass is 10.2. The third kappa shape index (κ3) is 5.42. The summed E-state index contributed by atoms with van der Waals surface area (Å²) in [7, 11) is 1.60. The number of halogens is 1. The molecule has 10 heteroatoms. The first-order chi connectivity index (χ1) is 9.06. The van der Waals surface area contributed by atoms with Crippen molar-refractivity contribution < 1.29 is 13.9 Å². The van der Waals surface area contributed by atoms with Gasteiger partial charge < -0.3 is 20.6 Å². The lowest BCUT2D eigenvalue weighted by molar-refractivity contribution is 0.249. The van der Waals surface area contributed by atoms with Crippen LogP contribution in [0.4, 0.5) is 10.8 Å². The topological polar surface area (TPSA) is 155 Å². The van der Waals surface area contributed by atoms with Crippen LogP contribution in [0.25, 0.3) is 11.5 Å². The highest BCUT2D eigenvalue weighted by Crippen LogP contribution is 2.22. The molecule has 9 nitrogen and oxygen atoms in total. The van der Waals surface area contributed by atoms with Crippen molar-refractivity contribution in [3.8, 4) is 17.2 Å². The second-order valence-electron chi connectivity index (χ2n) is 3.19. The van der Waals surface area contributed by atoms with Crippen LogP contribution >= 0.6 is 12.4 Å². The number of ether oxygens (including phenoxy) is 1. The smallest absolute Gasteiger partial charge is 0.326 e. The Kier molecular flexibility index (Phi) is 7.48. The number of carbonyl (C=O) groups excluding carboxylic acids is 1. The number of nitrogens with one attached hydrogen (secondary N) is 1. The maximum Gasteiger partial charge on any atom is 0.326 e. The van der Waals surface area contributed by atoms with Crippen LogP contribution in [0.5, 0.6) is 5.75 Å². The molecule has 0 radical (unpaired) electrons. The number of aromatic nitrogens is 2. The zero-order chi connectivity index (χ0) is 14.3. The van der Waals surface area contributed by atoms with Crippen molar-refractivity contribution in [1.82, 2.24) is 15.6 Å². The van der Waals surface area contributed by atoms with E-state index in [1.165, 1.54) is 0 Å². The van der Waals surface area contributed by atoms with Crippen LogP contribution in [-0.2, 0) is 0 Å². The minimum Gasteiger partial charge on any atom is -0.497 e. The molecular formula is C10H15ClN6O3. The standard InChI is InChI=1S/C9H9N3O2.CH5N3O.ClH/c1-13-7-4-2-3-6(5-7)8-11-12-9(10)14-8;2-1(5)4-3;/h2-5H,1H3,(H2,10,12);3H2,(H3,2,4,5);1H. The second kappa shape index (κ2) is 8.56. The lowest BCUT2D eigenvalue weighted by Crippen LogP contribution is -2.34. The van der Waals surface area contributed by atoms with Crippen molar-refractivity contribution in [1.29, 1.82) is 0 Å². The van der Waals surface area contributed by atoms with Crippen molar-refractivity contribution in [3.63, 3.8) is 0 Å². The van der Waals surface area contributed by atoms with E-state index >= 15 is 0 Å². The van der Waals surface area contributed by atoms with E-state index in [2.05, 4.69) is 21.8 Å². The summed E-state index contributed by atoms with van der Waals surface area (Å²) < 4.78 is 10.1. The number of hydrogen-bond donors (Lipinski definition) is 4. The predicted molar refractivity (Wildman–Crippen MR) is 74.9 cm³/mol. The van der Waals surface area contributed by atoms with Gasteiger partial charge in [-0.1, -0.05) is 11.2 Å². The Bertz CT molecular complexity index is 547. The predicted octanol–water partition coefficient (Wildman–Crippen LogP) is 0.278. The number of anilines is 1. The van der Waals surface area contributed by atoms with Gasteiger partial charge in [0.25, 0.3) is 0 Å². The monoisotopic (exact) mass is 302 g/mol. The van der Waals surface area contributed by atoms with E-state index in [1.807, 2.05) is 18.2 Å². The van der Waals surface area contributed by atoms with Crippen LogP contribution in [0.1, 0.15) is 0 Å². The van der Waals surface area contributed by atoms with Crippen molar-refractivity contribution >= 4 is 24.5 Å². The largest absolute Gasteiger partial charge is 0.497 e. The minimum absolute atomic E-state index is 0. The summed E-state index contributed by atoms with van der Waals surface area (Å²) in [6.45, 7) is 0. The number of nitrogens with zero attached hydrogens (tertiary/aromatic N) is 2. The van der Waals surface area contributed by atoms with Crippen molar-refractivity contribution in [3.05, 3.63) is 24.3 Å². The summed E-state index contributed by atoms with van der Waals surface area (Å²) in [6.07, 6.45) is 0. The Balaban J connectivity index is 0.000000526. The first-order valence-corrected chi connectivity index (χ1v) is 5.06. The zero-order valence-electron chi connectivity index (χ0n) is 10.6. The molecule has 0 bridgehead atoms. The van der Waals surface area contributed by atoms with Crippen molar-refractivity contribution in [2.75, 3.05) is 12.8 Å². The fourth-order valence-corrected chi connectivity index (χ4v) is 1.11. The summed E-state index contributed by atoms with van der Waals surface area (Å²) >= 11 is 0. The average molecular weight is 303 g/mol. The SMILES string of the molecule is COc1cccc(-c2nnc(N)o2)c1.Cl.NNC(N)=O. The summed E-state index contributed by atoms with van der Waals surface area (Å²) in [4.78, 5) is 9.35. The van der Waals surface area contributed by atoms with Gasteiger partial charge in [-0.25, -0.2) is 10.6 Å². The van der Waals surface area contributed by atoms with Crippen LogP contribution in [0.2, 0.25) is 0 Å². The minimum atomic E-state index is -0.718. The highest BCUT2D eigenvalue weighted by molar-refractivity contribution is 5.85. The number of hydrogen-bond acceptors (Lipinski definition) is 7. The van der Waals surface area contributed by atoms with E-state index in [0.29, 0.717) is 5.89 Å². The first-order valence-electron chi connectivity index (χ1n) is 5.06. The number of methoxy groups -OCH3 is 1. The van der Waals surface area contributed by atoms with Crippen LogP contribution in [-0.4, -0.2) is 23.3 Å². The summed E-state index contributed by atoms with van der Waals surface area (Å²) in [5, 5.41) is 7.33. The average Bonchev–Trinajstić information content (AvgIpc) is 2.86. The van der Waals surface area contributed by atoms with E-state index < -0.39 is 6.03 Å². The molecule has 0 unspecified atom stereocenters. The second-order valence-corrected chi connectivity index (χ2v) is 3.19. The molecule has 0 aliphatic heterocycles. The Morgan fingerprint density at radius 3 is 2.50 bits per heavy atom. The number of hydrazine groups is 1. The highest BCUT2D eigenvalue weighted by atomic mass is 35.5. The molecule has 0 aliphatic carbocycles. The summed E-state index contributed by atoms with van der Waals surface area (Å²) in [6, 6.07) is 6.66. The molecule has 7 N–H and O–H groups in total. The molecular weight excluding hydrogens is 288 g/mol. The van der Waals surface area contributed by atoms with Crippen LogP contribution in [0.15, 0.2) is 28.7 Å². The molecule has 0 spiro atoms. The zero-order valence-corrected chi connectivity index (χ0v) is 11.4. The quantitative estimate of drug-likeness (QED) is 0.352. The van der Waals surface area contributed by atoms with Gasteiger partial charge in [-0.15, -0.1) is 17.5 Å². The molecule has 2 rings (SSSR count). The molecule has 0 fully saturated rings. The molecule has 20 heavy (non-hydrogen) atoms. The van der Waals surface area contributed by atoms with Gasteiger partial charge in [-0.2, -0.15) is 0 Å². The third-order valence-electron chi connectivity index (χ3n) is 1.90. The van der Waals surface area contributed by atoms with Gasteiger partial charge in [0.15, 0.2) is 0 Å². The number of nitrogens with two attached hydrogens (primary N) is 3. The Hall–Kier alpha value is -2.52. The van der Waals surface area contributed by atoms with Gasteiger partial charge in [0.1, 0.15) is 5.75 Å². The van der Waals surface area contributed by atoms with Gasteiger partial charge in [-0.3, -0.25) is 5.43 Å². The van der Waals surface area contributed by atoms with Gasteiger partial charge in [0, 0.05) is 5.56 Å². The third-order valence-corrected chi connectivity index (χ3v) is 1.90. The molecule has 0 atom stereocenters. The highest BCUT2D eigenvalue weighted by Gasteiger charge is 2.06. The van der Waals surface area contributed by atoms with Crippen molar-refractivity contribution in [2.45, 2.75) is 0 Å². The molecule has 1 aromatic carbocycles. The normalized spacial score (nSPS) is 8.70. The van der Waals surface area contributed by atoms with E-state index in [9.17, 15) is 4.79 Å². The number of benzene rings is 1. The lowest BCUT2D eigenvalue weighted by Gasteiger charge is -1.99. The maximum atomic E-state index is 9.35. The first kappa shape index (κ1) is 17.5. The number of nitrogen functional groups attached to an aromatic ring is 1. The van der Waals surface area contributed by atoms with Crippen LogP contribution < -0.4 is 27.5 Å².